The molecule has 1 fully saturated rings. The van der Waals surface area contributed by atoms with Gasteiger partial charge in [-0.15, -0.1) is 0 Å². The maximum atomic E-state index is 11.9. The number of thioether (sulfide) groups is 1. The molecule has 0 bridgehead atoms. The van der Waals surface area contributed by atoms with E-state index in [1.807, 2.05) is 11.0 Å². The number of amides is 1. The maximum absolute atomic E-state index is 11.9. The lowest BCUT2D eigenvalue weighted by Crippen LogP contribution is -2.47. The monoisotopic (exact) mass is 249 g/mol. The highest BCUT2D eigenvalue weighted by atomic mass is 32.2. The second-order valence-corrected chi connectivity index (χ2v) is 6.43. The number of nitrogens with zero attached hydrogens (tertiary/aromatic N) is 1. The van der Waals surface area contributed by atoms with Gasteiger partial charge >= 0.3 is 0 Å². The van der Waals surface area contributed by atoms with Crippen LogP contribution in [0, 0.1) is 0 Å². The van der Waals surface area contributed by atoms with Crippen molar-refractivity contribution in [2.45, 2.75) is 38.8 Å². The van der Waals surface area contributed by atoms with Crippen molar-refractivity contribution in [2.75, 3.05) is 5.75 Å². The molecular weight excluding hydrogens is 230 g/mol. The zero-order chi connectivity index (χ0) is 12.5. The molecule has 0 aliphatic carbocycles. The predicted molar refractivity (Wildman–Crippen MR) is 73.4 cm³/mol. The molecule has 3 heteroatoms. The number of carbonyl (C=O) groups excluding carboxylic acids is 1. The molecule has 0 spiro atoms. The van der Waals surface area contributed by atoms with E-state index in [4.69, 9.17) is 0 Å². The number of benzene rings is 1. The molecule has 2 nitrogen and oxygen atoms in total. The quantitative estimate of drug-likeness (QED) is 0.798. The summed E-state index contributed by atoms with van der Waals surface area (Å²) in [5.74, 6) is 0.908. The fourth-order valence-corrected chi connectivity index (χ4v) is 3.48. The highest BCUT2D eigenvalue weighted by Gasteiger charge is 2.38. The average Bonchev–Trinajstić information content (AvgIpc) is 2.60. The second-order valence-electron chi connectivity index (χ2n) is 5.46. The van der Waals surface area contributed by atoms with Crippen molar-refractivity contribution in [1.29, 1.82) is 0 Å². The summed E-state index contributed by atoms with van der Waals surface area (Å²) in [5.41, 5.74) is 1.22. The molecule has 0 N–H and O–H groups in total. The van der Waals surface area contributed by atoms with Gasteiger partial charge in [0, 0.05) is 17.3 Å². The third-order valence-electron chi connectivity index (χ3n) is 3.00. The van der Waals surface area contributed by atoms with Crippen molar-refractivity contribution >= 4 is 17.0 Å². The maximum Gasteiger partial charge on any atom is 0.282 e. The van der Waals surface area contributed by atoms with Gasteiger partial charge in [0.2, 0.25) is 0 Å². The van der Waals surface area contributed by atoms with E-state index in [-0.39, 0.29) is 10.8 Å². The summed E-state index contributed by atoms with van der Waals surface area (Å²) in [7, 11) is 0. The molecule has 0 radical (unpaired) electrons. The Bertz CT molecular complexity index is 396. The highest BCUT2D eigenvalue weighted by molar-refractivity contribution is 8.13. The molecule has 1 heterocycles. The van der Waals surface area contributed by atoms with Crippen molar-refractivity contribution in [3.05, 3.63) is 35.9 Å². The average molecular weight is 249 g/mol. The summed E-state index contributed by atoms with van der Waals surface area (Å²) in [6, 6.07) is 10.7. The van der Waals surface area contributed by atoms with Crippen LogP contribution in [0.1, 0.15) is 26.3 Å². The largest absolute Gasteiger partial charge is 0.325 e. The minimum Gasteiger partial charge on any atom is -0.325 e. The van der Waals surface area contributed by atoms with Crippen LogP contribution in [0.15, 0.2) is 30.3 Å². The molecule has 92 valence electrons. The Labute approximate surface area is 107 Å². The van der Waals surface area contributed by atoms with Crippen LogP contribution < -0.4 is 0 Å². The van der Waals surface area contributed by atoms with E-state index in [0.717, 1.165) is 12.2 Å². The molecule has 1 aromatic carbocycles. The third kappa shape index (κ3) is 2.83. The van der Waals surface area contributed by atoms with Crippen LogP contribution in [-0.2, 0) is 6.42 Å². The zero-order valence-electron chi connectivity index (χ0n) is 10.6. The van der Waals surface area contributed by atoms with Crippen LogP contribution in [0.25, 0.3) is 0 Å². The molecule has 2 rings (SSSR count). The minimum absolute atomic E-state index is 0.0833. The lowest BCUT2D eigenvalue weighted by atomic mass is 10.00. The van der Waals surface area contributed by atoms with Gasteiger partial charge < -0.3 is 4.90 Å². The Morgan fingerprint density at radius 2 is 1.94 bits per heavy atom. The van der Waals surface area contributed by atoms with Gasteiger partial charge in [-0.1, -0.05) is 42.1 Å². The van der Waals surface area contributed by atoms with Crippen molar-refractivity contribution in [3.63, 3.8) is 0 Å². The minimum atomic E-state index is -0.0833. The van der Waals surface area contributed by atoms with E-state index in [1.165, 1.54) is 17.3 Å². The first-order chi connectivity index (χ1) is 7.98. The van der Waals surface area contributed by atoms with Crippen molar-refractivity contribution in [2.24, 2.45) is 0 Å². The number of carbonyl (C=O) groups is 1. The lowest BCUT2D eigenvalue weighted by molar-refractivity contribution is 0.143. The summed E-state index contributed by atoms with van der Waals surface area (Å²) in [5, 5.41) is 0.221. The van der Waals surface area contributed by atoms with Crippen LogP contribution in [-0.4, -0.2) is 27.5 Å². The Morgan fingerprint density at radius 1 is 1.29 bits per heavy atom. The zero-order valence-corrected chi connectivity index (χ0v) is 11.5. The Kier molecular flexibility index (Phi) is 3.48. The van der Waals surface area contributed by atoms with Gasteiger partial charge in [0.25, 0.3) is 5.24 Å². The molecule has 1 atom stereocenters. The molecule has 1 aliphatic rings. The van der Waals surface area contributed by atoms with Gasteiger partial charge in [0.15, 0.2) is 0 Å². The van der Waals surface area contributed by atoms with Crippen LogP contribution in [0.3, 0.4) is 0 Å². The van der Waals surface area contributed by atoms with Gasteiger partial charge in [0.1, 0.15) is 0 Å². The standard InChI is InChI=1S/C14H19NOS/c1-14(2,3)15-12(10-17-13(15)16)9-11-7-5-4-6-8-11/h4-8,12H,9-10H2,1-3H3/t12-/m0/s1. The van der Waals surface area contributed by atoms with Crippen LogP contribution in [0.5, 0.6) is 0 Å². The summed E-state index contributed by atoms with van der Waals surface area (Å²) in [4.78, 5) is 13.9. The molecule has 1 saturated heterocycles. The molecule has 0 aromatic heterocycles. The highest BCUT2D eigenvalue weighted by Crippen LogP contribution is 2.32. The number of hydrogen-bond donors (Lipinski definition) is 0. The first kappa shape index (κ1) is 12.5. The SMILES string of the molecule is CC(C)(C)N1C(=O)SC[C@@H]1Cc1ccccc1. The van der Waals surface area contributed by atoms with E-state index in [1.54, 1.807) is 0 Å². The molecular formula is C14H19NOS. The molecule has 1 aromatic rings. The fraction of sp³-hybridized carbons (Fsp3) is 0.500. The smallest absolute Gasteiger partial charge is 0.282 e. The van der Waals surface area contributed by atoms with Crippen LogP contribution in [0.4, 0.5) is 4.79 Å². The Balaban J connectivity index is 2.13. The first-order valence-electron chi connectivity index (χ1n) is 5.98. The second kappa shape index (κ2) is 4.73. The topological polar surface area (TPSA) is 20.3 Å². The van der Waals surface area contributed by atoms with Crippen LogP contribution >= 0.6 is 11.8 Å². The van der Waals surface area contributed by atoms with Gasteiger partial charge in [-0.2, -0.15) is 0 Å². The first-order valence-corrected chi connectivity index (χ1v) is 6.97. The normalized spacial score (nSPS) is 21.0. The molecule has 0 unspecified atom stereocenters. The van der Waals surface area contributed by atoms with Gasteiger partial charge in [-0.05, 0) is 32.8 Å². The fourth-order valence-electron chi connectivity index (χ4n) is 2.32. The van der Waals surface area contributed by atoms with E-state index in [9.17, 15) is 4.79 Å². The summed E-state index contributed by atoms with van der Waals surface area (Å²) in [6.07, 6.45) is 0.955. The van der Waals surface area contributed by atoms with Crippen molar-refractivity contribution < 1.29 is 4.79 Å². The number of hydrogen-bond acceptors (Lipinski definition) is 2. The van der Waals surface area contributed by atoms with Gasteiger partial charge in [-0.25, -0.2) is 0 Å². The van der Waals surface area contributed by atoms with E-state index < -0.39 is 0 Å². The van der Waals surface area contributed by atoms with Gasteiger partial charge in [0.05, 0.1) is 0 Å². The molecule has 17 heavy (non-hydrogen) atoms. The van der Waals surface area contributed by atoms with Crippen molar-refractivity contribution in [1.82, 2.24) is 4.90 Å². The van der Waals surface area contributed by atoms with Crippen molar-refractivity contribution in [3.8, 4) is 0 Å². The van der Waals surface area contributed by atoms with E-state index in [0.29, 0.717) is 6.04 Å². The summed E-state index contributed by atoms with van der Waals surface area (Å²) < 4.78 is 0. The Hall–Kier alpha value is -0.960. The summed E-state index contributed by atoms with van der Waals surface area (Å²) in [6.45, 7) is 6.32. The molecule has 0 saturated carbocycles. The molecule has 1 aliphatic heterocycles. The Morgan fingerprint density at radius 3 is 2.53 bits per heavy atom. The van der Waals surface area contributed by atoms with Crippen LogP contribution in [0.2, 0.25) is 0 Å². The van der Waals surface area contributed by atoms with Gasteiger partial charge in [-0.3, -0.25) is 4.79 Å². The molecule has 1 amide bonds. The summed E-state index contributed by atoms with van der Waals surface area (Å²) >= 11 is 1.45. The van der Waals surface area contributed by atoms with E-state index >= 15 is 0 Å². The third-order valence-corrected chi connectivity index (χ3v) is 3.99. The lowest BCUT2D eigenvalue weighted by Gasteiger charge is -2.36. The predicted octanol–water partition coefficient (Wildman–Crippen LogP) is 3.57. The van der Waals surface area contributed by atoms with E-state index in [2.05, 4.69) is 45.0 Å². The number of rotatable bonds is 2.